The van der Waals surface area contributed by atoms with Crippen LogP contribution in [0.3, 0.4) is 0 Å². The zero-order chi connectivity index (χ0) is 46.3. The Labute approximate surface area is 393 Å². The number of nitrogens with zero attached hydrogens (tertiary/aromatic N) is 4. The number of carbonyl (C=O) groups excluding carboxylic acids is 2. The number of benzene rings is 1. The molecule has 360 valence electrons. The quantitative estimate of drug-likeness (QED) is 0.0482. The summed E-state index contributed by atoms with van der Waals surface area (Å²) in [7, 11) is 1.68. The van der Waals surface area contributed by atoms with Crippen molar-refractivity contribution >= 4 is 23.4 Å². The van der Waals surface area contributed by atoms with Gasteiger partial charge in [-0.2, -0.15) is 0 Å². The number of carbonyl (C=O) groups is 2. The Morgan fingerprint density at radius 3 is 2.05 bits per heavy atom. The molecule has 2 aromatic heterocycles. The number of hydrogen-bond donors (Lipinski definition) is 1. The van der Waals surface area contributed by atoms with Crippen LogP contribution in [0.1, 0.15) is 190 Å². The van der Waals surface area contributed by atoms with Gasteiger partial charge in [-0.05, 0) is 118 Å². The lowest BCUT2D eigenvalue weighted by Gasteiger charge is -2.36. The molecule has 0 spiro atoms. The van der Waals surface area contributed by atoms with Crippen molar-refractivity contribution in [2.75, 3.05) is 56.3 Å². The predicted molar refractivity (Wildman–Crippen MR) is 266 cm³/mol. The molecular formula is C55H85N5O5. The number of piperidine rings is 1. The summed E-state index contributed by atoms with van der Waals surface area (Å²) < 4.78 is 17.3. The Morgan fingerprint density at radius 2 is 1.46 bits per heavy atom. The average molecular weight is 896 g/mol. The lowest BCUT2D eigenvalue weighted by molar-refractivity contribution is -0.143. The summed E-state index contributed by atoms with van der Waals surface area (Å²) in [5.74, 6) is 2.85. The van der Waals surface area contributed by atoms with Gasteiger partial charge in [0.25, 0.3) is 5.91 Å². The molecule has 3 heterocycles. The summed E-state index contributed by atoms with van der Waals surface area (Å²) in [6.45, 7) is 12.4. The molecule has 5 rings (SSSR count). The van der Waals surface area contributed by atoms with Crippen molar-refractivity contribution in [1.29, 1.82) is 0 Å². The number of anilines is 2. The highest BCUT2D eigenvalue weighted by molar-refractivity contribution is 6.09. The van der Waals surface area contributed by atoms with Crippen molar-refractivity contribution in [2.24, 2.45) is 23.0 Å². The number of amides is 1. The maximum Gasteiger partial charge on any atom is 0.306 e. The Hall–Kier alpha value is -4.18. The minimum Gasteiger partial charge on any atom is -0.497 e. The van der Waals surface area contributed by atoms with Crippen molar-refractivity contribution in [2.45, 2.75) is 175 Å². The van der Waals surface area contributed by atoms with Crippen molar-refractivity contribution in [1.82, 2.24) is 9.97 Å². The predicted octanol–water partition coefficient (Wildman–Crippen LogP) is 12.8. The van der Waals surface area contributed by atoms with E-state index in [0.717, 1.165) is 80.9 Å². The number of aryl methyl sites for hydroxylation is 1. The lowest BCUT2D eigenvalue weighted by Crippen LogP contribution is -2.41. The zero-order valence-electron chi connectivity index (χ0n) is 41.1. The van der Waals surface area contributed by atoms with Crippen LogP contribution in [-0.2, 0) is 9.53 Å². The summed E-state index contributed by atoms with van der Waals surface area (Å²) in [6, 6.07) is 15.8. The topological polar surface area (TPSA) is 120 Å². The van der Waals surface area contributed by atoms with E-state index < -0.39 is 0 Å². The number of rotatable bonds is 32. The van der Waals surface area contributed by atoms with Gasteiger partial charge in [-0.3, -0.25) is 14.5 Å². The van der Waals surface area contributed by atoms with Crippen LogP contribution in [0.4, 0.5) is 11.5 Å². The van der Waals surface area contributed by atoms with Crippen molar-refractivity contribution in [3.8, 4) is 11.6 Å². The molecule has 1 amide bonds. The van der Waals surface area contributed by atoms with Gasteiger partial charge in [-0.15, -0.1) is 0 Å². The summed E-state index contributed by atoms with van der Waals surface area (Å²) in [6.07, 6.45) is 28.6. The first-order valence-electron chi connectivity index (χ1n) is 25.7. The number of aromatic nitrogens is 2. The largest absolute Gasteiger partial charge is 0.497 e. The number of nitrogens with two attached hydrogens (primary N) is 1. The number of pyridine rings is 2. The number of methoxy groups -OCH3 is 1. The third kappa shape index (κ3) is 18.2. The van der Waals surface area contributed by atoms with Gasteiger partial charge in [0.1, 0.15) is 11.6 Å². The molecule has 10 heteroatoms. The molecule has 1 aliphatic heterocycles. The minimum absolute atomic E-state index is 0.0315. The first-order valence-corrected chi connectivity index (χ1v) is 25.7. The fourth-order valence-corrected chi connectivity index (χ4v) is 9.62. The fraction of sp³-hybridized carbons (Fsp3) is 0.673. The summed E-state index contributed by atoms with van der Waals surface area (Å²) in [4.78, 5) is 41.0. The molecule has 2 fully saturated rings. The first kappa shape index (κ1) is 51.8. The lowest BCUT2D eigenvalue weighted by atomic mass is 9.85. The van der Waals surface area contributed by atoms with E-state index in [-0.39, 0.29) is 23.2 Å². The summed E-state index contributed by atoms with van der Waals surface area (Å²) in [5, 5.41) is 0. The van der Waals surface area contributed by atoms with Gasteiger partial charge in [0.2, 0.25) is 5.88 Å². The van der Waals surface area contributed by atoms with Gasteiger partial charge in [0.05, 0.1) is 38.0 Å². The van der Waals surface area contributed by atoms with Gasteiger partial charge in [0.15, 0.2) is 0 Å². The standard InChI is InChI=1S/C55H85N5O5/c1-6-64-53(61)40-49(45-26-27-45)46-30-35-57-52(38-46)65-41-44-31-36-59(37-32-44)50-39-47(63-5)28-29-48(50)54(62)60(51-25-23-24-43(2)58-51)42-55(3,4)33-21-19-17-15-13-11-9-7-8-10-12-14-16-18-20-22-34-56/h23-25,28-30,35,38-39,44-45,49H,6-22,26-27,31-34,36-37,40-42,56H2,1-5H3/t49-/m0/s1. The first-order chi connectivity index (χ1) is 31.6. The van der Waals surface area contributed by atoms with E-state index in [0.29, 0.717) is 55.3 Å². The van der Waals surface area contributed by atoms with Crippen LogP contribution in [0.25, 0.3) is 0 Å². The molecule has 1 aromatic carbocycles. The molecule has 3 aromatic rings. The Balaban J connectivity index is 1.11. The Morgan fingerprint density at radius 1 is 0.831 bits per heavy atom. The van der Waals surface area contributed by atoms with Crippen LogP contribution in [0.2, 0.25) is 0 Å². The maximum absolute atomic E-state index is 14.9. The third-order valence-corrected chi connectivity index (χ3v) is 13.7. The van der Waals surface area contributed by atoms with Crippen molar-refractivity contribution in [3.63, 3.8) is 0 Å². The molecule has 10 nitrogen and oxygen atoms in total. The molecule has 1 aliphatic carbocycles. The normalized spacial score (nSPS) is 14.9. The van der Waals surface area contributed by atoms with E-state index in [2.05, 4.69) is 23.7 Å². The number of esters is 1. The second-order valence-corrected chi connectivity index (χ2v) is 19.9. The molecule has 0 radical (unpaired) electrons. The maximum atomic E-state index is 14.9. The van der Waals surface area contributed by atoms with E-state index >= 15 is 0 Å². The molecule has 1 atom stereocenters. The highest BCUT2D eigenvalue weighted by Gasteiger charge is 2.35. The minimum atomic E-state index is -0.144. The second-order valence-electron chi connectivity index (χ2n) is 19.9. The summed E-state index contributed by atoms with van der Waals surface area (Å²) in [5.41, 5.74) is 9.07. The molecule has 0 unspecified atom stereocenters. The molecular weight excluding hydrogens is 811 g/mol. The smallest absolute Gasteiger partial charge is 0.306 e. The van der Waals surface area contributed by atoms with E-state index in [9.17, 15) is 9.59 Å². The summed E-state index contributed by atoms with van der Waals surface area (Å²) >= 11 is 0. The van der Waals surface area contributed by atoms with E-state index in [4.69, 9.17) is 24.9 Å². The fourth-order valence-electron chi connectivity index (χ4n) is 9.62. The van der Waals surface area contributed by atoms with Gasteiger partial charge in [-0.1, -0.05) is 116 Å². The van der Waals surface area contributed by atoms with Gasteiger partial charge < -0.3 is 24.8 Å². The van der Waals surface area contributed by atoms with E-state index in [1.807, 2.05) is 67.3 Å². The molecule has 2 N–H and O–H groups in total. The highest BCUT2D eigenvalue weighted by Crippen LogP contribution is 2.45. The number of unbranched alkanes of at least 4 members (excludes halogenated alkanes) is 15. The Kier molecular flexibility index (Phi) is 22.4. The monoisotopic (exact) mass is 896 g/mol. The average Bonchev–Trinajstić information content (AvgIpc) is 4.16. The van der Waals surface area contributed by atoms with Crippen LogP contribution in [0.15, 0.2) is 54.7 Å². The molecule has 1 saturated heterocycles. The number of ether oxygens (including phenoxy) is 3. The van der Waals surface area contributed by atoms with Gasteiger partial charge in [-0.25, -0.2) is 9.97 Å². The van der Waals surface area contributed by atoms with Crippen molar-refractivity contribution < 1.29 is 23.8 Å². The zero-order valence-corrected chi connectivity index (χ0v) is 41.1. The SMILES string of the molecule is CCOC(=O)C[C@H](c1ccnc(OCC2CCN(c3cc(OC)ccc3C(=O)N(CC(C)(C)CCCCCCCCCCCCCCCCCCN)c3cccc(C)n3)CC2)c1)C1CC1. The molecule has 65 heavy (non-hydrogen) atoms. The van der Waals surface area contributed by atoms with E-state index in [1.165, 1.54) is 96.3 Å². The molecule has 2 aliphatic rings. The van der Waals surface area contributed by atoms with Crippen molar-refractivity contribution in [3.05, 3.63) is 71.5 Å². The van der Waals surface area contributed by atoms with Crippen LogP contribution in [0, 0.1) is 24.2 Å². The number of hydrogen-bond acceptors (Lipinski definition) is 9. The van der Waals surface area contributed by atoms with Crippen LogP contribution in [0.5, 0.6) is 11.6 Å². The Bertz CT molecular complexity index is 1840. The third-order valence-electron chi connectivity index (χ3n) is 13.7. The van der Waals surface area contributed by atoms with Gasteiger partial charge >= 0.3 is 5.97 Å². The second kappa shape index (κ2) is 28.1. The highest BCUT2D eigenvalue weighted by atomic mass is 16.5. The van der Waals surface area contributed by atoms with Gasteiger partial charge in [0, 0.05) is 43.7 Å². The van der Waals surface area contributed by atoms with E-state index in [1.54, 1.807) is 13.3 Å². The molecule has 0 bridgehead atoms. The van der Waals surface area contributed by atoms with Crippen LogP contribution in [-0.4, -0.2) is 68.3 Å². The molecule has 1 saturated carbocycles. The van der Waals surface area contributed by atoms with Crippen LogP contribution < -0.4 is 25.0 Å². The van der Waals surface area contributed by atoms with Crippen LogP contribution >= 0.6 is 0 Å².